The van der Waals surface area contributed by atoms with Crippen LogP contribution in [0.4, 0.5) is 0 Å². The molecule has 9 heavy (non-hydrogen) atoms. The number of aldehydes is 1. The quantitative estimate of drug-likeness (QED) is 0.497. The lowest BCUT2D eigenvalue weighted by Crippen LogP contribution is -1.83. The van der Waals surface area contributed by atoms with E-state index in [0.717, 1.165) is 6.29 Å². The van der Waals surface area contributed by atoms with Gasteiger partial charge in [0.1, 0.15) is 0 Å². The third-order valence-corrected chi connectivity index (χ3v) is 1.28. The Morgan fingerprint density at radius 3 is 3.11 bits per heavy atom. The lowest BCUT2D eigenvalue weighted by molar-refractivity contribution is 0.112. The number of aromatic nitrogens is 2. The van der Waals surface area contributed by atoms with E-state index in [0.29, 0.717) is 17.1 Å². The van der Waals surface area contributed by atoms with Gasteiger partial charge >= 0.3 is 0 Å². The van der Waals surface area contributed by atoms with E-state index in [2.05, 4.69) is 10.2 Å². The molecule has 0 aromatic carbocycles. The minimum atomic E-state index is 0.300. The van der Waals surface area contributed by atoms with Crippen molar-refractivity contribution in [3.05, 3.63) is 17.5 Å². The van der Waals surface area contributed by atoms with Gasteiger partial charge in [-0.3, -0.25) is 9.89 Å². The van der Waals surface area contributed by atoms with Crippen LogP contribution in [0.2, 0.25) is 0 Å². The number of halogens is 1. The topological polar surface area (TPSA) is 45.8 Å². The van der Waals surface area contributed by atoms with Gasteiger partial charge in [-0.15, -0.1) is 11.6 Å². The van der Waals surface area contributed by atoms with Gasteiger partial charge in [-0.2, -0.15) is 5.10 Å². The molecular weight excluding hydrogens is 140 g/mol. The maximum Gasteiger partial charge on any atom is 0.153 e. The summed E-state index contributed by atoms with van der Waals surface area (Å²) in [5.41, 5.74) is 1.21. The van der Waals surface area contributed by atoms with Crippen LogP contribution < -0.4 is 0 Å². The molecule has 0 fully saturated rings. The van der Waals surface area contributed by atoms with Gasteiger partial charge in [0.2, 0.25) is 0 Å². The predicted octanol–water partition coefficient (Wildman–Crippen LogP) is 0.961. The van der Waals surface area contributed by atoms with Crippen molar-refractivity contribution >= 4 is 17.9 Å². The Hall–Kier alpha value is -0.830. The number of carbonyl (C=O) groups excluding carboxylic acids is 1. The summed E-state index contributed by atoms with van der Waals surface area (Å²) in [6.07, 6.45) is 2.17. The van der Waals surface area contributed by atoms with Crippen LogP contribution in [0.1, 0.15) is 16.1 Å². The molecule has 1 aromatic rings. The van der Waals surface area contributed by atoms with Gasteiger partial charge in [0.25, 0.3) is 0 Å². The summed E-state index contributed by atoms with van der Waals surface area (Å²) in [5, 5.41) is 6.22. The molecule has 0 atom stereocenters. The largest absolute Gasteiger partial charge is 0.298 e. The van der Waals surface area contributed by atoms with Crippen molar-refractivity contribution in [2.24, 2.45) is 0 Å². The molecular formula is C5H5ClN2O. The second-order valence-electron chi connectivity index (χ2n) is 1.56. The molecule has 0 aliphatic heterocycles. The second kappa shape index (κ2) is 2.64. The zero-order chi connectivity index (χ0) is 6.69. The van der Waals surface area contributed by atoms with Crippen molar-refractivity contribution in [2.45, 2.75) is 5.88 Å². The SMILES string of the molecule is O=Cc1cn[nH]c1CCl. The summed E-state index contributed by atoms with van der Waals surface area (Å²) in [6, 6.07) is 0. The highest BCUT2D eigenvalue weighted by Gasteiger charge is 1.99. The monoisotopic (exact) mass is 144 g/mol. The fraction of sp³-hybridized carbons (Fsp3) is 0.200. The molecule has 3 nitrogen and oxygen atoms in total. The van der Waals surface area contributed by atoms with E-state index in [1.54, 1.807) is 0 Å². The van der Waals surface area contributed by atoms with E-state index in [4.69, 9.17) is 11.6 Å². The Morgan fingerprint density at radius 2 is 2.67 bits per heavy atom. The normalized spacial score (nSPS) is 9.44. The molecule has 0 unspecified atom stereocenters. The standard InChI is InChI=1S/C5H5ClN2O/c6-1-5-4(3-9)2-7-8-5/h2-3H,1H2,(H,7,8). The molecule has 0 amide bonds. The Morgan fingerprint density at radius 1 is 1.89 bits per heavy atom. The molecule has 0 bridgehead atoms. The van der Waals surface area contributed by atoms with Crippen molar-refractivity contribution in [3.8, 4) is 0 Å². The van der Waals surface area contributed by atoms with Crippen LogP contribution in [0.25, 0.3) is 0 Å². The molecule has 0 spiro atoms. The maximum atomic E-state index is 10.1. The molecule has 4 heteroatoms. The number of nitrogens with zero attached hydrogens (tertiary/aromatic N) is 1. The van der Waals surface area contributed by atoms with Crippen molar-refractivity contribution < 1.29 is 4.79 Å². The Bertz CT molecular complexity index is 208. The summed E-state index contributed by atoms with van der Waals surface area (Å²) in [6.45, 7) is 0. The van der Waals surface area contributed by atoms with Crippen LogP contribution >= 0.6 is 11.6 Å². The number of nitrogens with one attached hydrogen (secondary N) is 1. The molecule has 0 aliphatic rings. The number of hydrogen-bond acceptors (Lipinski definition) is 2. The lowest BCUT2D eigenvalue weighted by Gasteiger charge is -1.84. The van der Waals surface area contributed by atoms with Crippen molar-refractivity contribution in [1.82, 2.24) is 10.2 Å². The first-order chi connectivity index (χ1) is 4.38. The molecule has 0 saturated heterocycles. The predicted molar refractivity (Wildman–Crippen MR) is 33.5 cm³/mol. The number of aromatic amines is 1. The van der Waals surface area contributed by atoms with Crippen LogP contribution in [-0.4, -0.2) is 16.5 Å². The van der Waals surface area contributed by atoms with Gasteiger partial charge in [-0.25, -0.2) is 0 Å². The number of H-pyrrole nitrogens is 1. The van der Waals surface area contributed by atoms with Crippen LogP contribution in [0.15, 0.2) is 6.20 Å². The summed E-state index contributed by atoms with van der Waals surface area (Å²) in [4.78, 5) is 10.1. The van der Waals surface area contributed by atoms with Crippen LogP contribution in [0, 0.1) is 0 Å². The van der Waals surface area contributed by atoms with E-state index < -0.39 is 0 Å². The zero-order valence-corrected chi connectivity index (χ0v) is 5.35. The van der Waals surface area contributed by atoms with Gasteiger partial charge in [0, 0.05) is 0 Å². The third kappa shape index (κ3) is 1.10. The molecule has 0 saturated carbocycles. The molecule has 1 rings (SSSR count). The maximum absolute atomic E-state index is 10.1. The Balaban J connectivity index is 2.98. The molecule has 1 heterocycles. The third-order valence-electron chi connectivity index (χ3n) is 1.01. The summed E-state index contributed by atoms with van der Waals surface area (Å²) in [7, 11) is 0. The summed E-state index contributed by atoms with van der Waals surface area (Å²) >= 11 is 5.42. The molecule has 0 radical (unpaired) electrons. The van der Waals surface area contributed by atoms with E-state index in [-0.39, 0.29) is 0 Å². The molecule has 48 valence electrons. The highest BCUT2D eigenvalue weighted by molar-refractivity contribution is 6.17. The van der Waals surface area contributed by atoms with Crippen molar-refractivity contribution in [2.75, 3.05) is 0 Å². The second-order valence-corrected chi connectivity index (χ2v) is 1.82. The van der Waals surface area contributed by atoms with E-state index >= 15 is 0 Å². The van der Waals surface area contributed by atoms with Crippen LogP contribution in [0.5, 0.6) is 0 Å². The van der Waals surface area contributed by atoms with Gasteiger partial charge in [-0.1, -0.05) is 0 Å². The highest BCUT2D eigenvalue weighted by Crippen LogP contribution is 2.03. The van der Waals surface area contributed by atoms with Crippen molar-refractivity contribution in [1.29, 1.82) is 0 Å². The fourth-order valence-electron chi connectivity index (χ4n) is 0.531. The van der Waals surface area contributed by atoms with Gasteiger partial charge in [-0.05, 0) is 0 Å². The Kier molecular flexibility index (Phi) is 1.85. The first-order valence-corrected chi connectivity index (χ1v) is 2.95. The fourth-order valence-corrected chi connectivity index (χ4v) is 0.745. The minimum absolute atomic E-state index is 0.300. The number of rotatable bonds is 2. The van der Waals surface area contributed by atoms with E-state index in [1.807, 2.05) is 0 Å². The number of hydrogen-bond donors (Lipinski definition) is 1. The smallest absolute Gasteiger partial charge is 0.153 e. The van der Waals surface area contributed by atoms with Crippen molar-refractivity contribution in [3.63, 3.8) is 0 Å². The van der Waals surface area contributed by atoms with Crippen LogP contribution in [-0.2, 0) is 5.88 Å². The van der Waals surface area contributed by atoms with Gasteiger partial charge in [0.15, 0.2) is 6.29 Å². The average Bonchev–Trinajstić information content (AvgIpc) is 2.33. The summed E-state index contributed by atoms with van der Waals surface area (Å²) in [5.74, 6) is 0.300. The molecule has 1 aromatic heterocycles. The lowest BCUT2D eigenvalue weighted by atomic mass is 10.3. The Labute approximate surface area is 57.0 Å². The molecule has 0 aliphatic carbocycles. The van der Waals surface area contributed by atoms with E-state index in [9.17, 15) is 4.79 Å². The molecule has 1 N–H and O–H groups in total. The number of alkyl halides is 1. The average molecular weight is 145 g/mol. The van der Waals surface area contributed by atoms with E-state index in [1.165, 1.54) is 6.20 Å². The first-order valence-electron chi connectivity index (χ1n) is 2.42. The summed E-state index contributed by atoms with van der Waals surface area (Å²) < 4.78 is 0. The van der Waals surface area contributed by atoms with Crippen LogP contribution in [0.3, 0.4) is 0 Å². The van der Waals surface area contributed by atoms with Gasteiger partial charge < -0.3 is 0 Å². The minimum Gasteiger partial charge on any atom is -0.298 e. The van der Waals surface area contributed by atoms with Gasteiger partial charge in [0.05, 0.1) is 23.3 Å². The first kappa shape index (κ1) is 6.29. The highest BCUT2D eigenvalue weighted by atomic mass is 35.5. The zero-order valence-electron chi connectivity index (χ0n) is 4.60. The number of carbonyl (C=O) groups is 1.